The minimum atomic E-state index is -3.73. The van der Waals surface area contributed by atoms with Crippen LogP contribution < -0.4 is 11.6 Å². The lowest BCUT2D eigenvalue weighted by Crippen LogP contribution is -2.30. The Kier molecular flexibility index (Phi) is 5.12. The number of nitrogens with two attached hydrogens (primary N) is 2. The standard InChI is InChI=1S/C5H13N2O5P/c6-4(5(8)9)2-1-3-13(10,11)12-7/h4H,1-3,6-7H2,(H,8,9)(H,10,11)/t4-/m1/s1. The average Bonchev–Trinajstić information content (AvgIpc) is 2.04. The van der Waals surface area contributed by atoms with E-state index >= 15 is 0 Å². The fourth-order valence-electron chi connectivity index (χ4n) is 0.687. The summed E-state index contributed by atoms with van der Waals surface area (Å²) >= 11 is 0. The van der Waals surface area contributed by atoms with Gasteiger partial charge in [-0.1, -0.05) is 0 Å². The zero-order valence-electron chi connectivity index (χ0n) is 6.92. The summed E-state index contributed by atoms with van der Waals surface area (Å²) in [6, 6.07) is -1.02. The molecule has 0 radical (unpaired) electrons. The average molecular weight is 212 g/mol. The summed E-state index contributed by atoms with van der Waals surface area (Å²) < 4.78 is 14.6. The van der Waals surface area contributed by atoms with Crippen molar-refractivity contribution >= 4 is 13.6 Å². The molecule has 2 atom stereocenters. The summed E-state index contributed by atoms with van der Waals surface area (Å²) in [6.45, 7) is 0. The van der Waals surface area contributed by atoms with Gasteiger partial charge in [-0.2, -0.15) is 0 Å². The molecule has 0 aliphatic carbocycles. The van der Waals surface area contributed by atoms with Crippen molar-refractivity contribution in [2.45, 2.75) is 18.9 Å². The molecule has 6 N–H and O–H groups in total. The molecule has 0 heterocycles. The number of aliphatic carboxylic acids is 1. The number of rotatable bonds is 6. The molecule has 0 bridgehead atoms. The van der Waals surface area contributed by atoms with Gasteiger partial charge in [0.2, 0.25) is 0 Å². The lowest BCUT2D eigenvalue weighted by molar-refractivity contribution is -0.138. The first-order valence-electron chi connectivity index (χ1n) is 3.58. The molecular weight excluding hydrogens is 199 g/mol. The van der Waals surface area contributed by atoms with E-state index in [1.54, 1.807) is 0 Å². The third kappa shape index (κ3) is 5.73. The van der Waals surface area contributed by atoms with Crippen molar-refractivity contribution < 1.29 is 24.0 Å². The second kappa shape index (κ2) is 5.31. The minimum Gasteiger partial charge on any atom is -0.480 e. The molecule has 8 heteroatoms. The molecule has 0 spiro atoms. The van der Waals surface area contributed by atoms with Crippen molar-refractivity contribution in [3.8, 4) is 0 Å². The normalized spacial score (nSPS) is 17.8. The van der Waals surface area contributed by atoms with Crippen molar-refractivity contribution in [3.05, 3.63) is 0 Å². The van der Waals surface area contributed by atoms with Crippen molar-refractivity contribution in [2.75, 3.05) is 6.16 Å². The van der Waals surface area contributed by atoms with Gasteiger partial charge in [0.1, 0.15) is 6.04 Å². The van der Waals surface area contributed by atoms with Crippen LogP contribution in [0.25, 0.3) is 0 Å². The summed E-state index contributed by atoms with van der Waals surface area (Å²) in [5.74, 6) is 3.38. The number of carboxylic acid groups (broad SMARTS) is 1. The Labute approximate surface area is 75.2 Å². The van der Waals surface area contributed by atoms with E-state index in [2.05, 4.69) is 10.5 Å². The van der Waals surface area contributed by atoms with Crippen molar-refractivity contribution in [1.29, 1.82) is 0 Å². The zero-order chi connectivity index (χ0) is 10.5. The van der Waals surface area contributed by atoms with Crippen molar-refractivity contribution in [1.82, 2.24) is 0 Å². The van der Waals surface area contributed by atoms with Crippen LogP contribution in [0.1, 0.15) is 12.8 Å². The Morgan fingerprint density at radius 1 is 1.62 bits per heavy atom. The number of hydrogen-bond acceptors (Lipinski definition) is 5. The molecule has 0 amide bonds. The molecule has 0 aliphatic heterocycles. The lowest BCUT2D eigenvalue weighted by Gasteiger charge is -2.08. The summed E-state index contributed by atoms with van der Waals surface area (Å²) in [6.07, 6.45) is 0.103. The van der Waals surface area contributed by atoms with Gasteiger partial charge >= 0.3 is 13.6 Å². The molecule has 0 aromatic rings. The van der Waals surface area contributed by atoms with Crippen LogP contribution >= 0.6 is 7.60 Å². The van der Waals surface area contributed by atoms with Gasteiger partial charge in [-0.25, -0.2) is 10.5 Å². The zero-order valence-corrected chi connectivity index (χ0v) is 7.81. The van der Waals surface area contributed by atoms with E-state index in [9.17, 15) is 9.36 Å². The van der Waals surface area contributed by atoms with Crippen LogP contribution in [-0.4, -0.2) is 28.2 Å². The Morgan fingerprint density at radius 2 is 2.15 bits per heavy atom. The highest BCUT2D eigenvalue weighted by Gasteiger charge is 2.19. The van der Waals surface area contributed by atoms with E-state index in [1.807, 2.05) is 0 Å². The highest BCUT2D eigenvalue weighted by molar-refractivity contribution is 7.52. The highest BCUT2D eigenvalue weighted by atomic mass is 31.2. The molecular formula is C5H13N2O5P. The summed E-state index contributed by atoms with van der Waals surface area (Å²) in [5, 5.41) is 8.36. The van der Waals surface area contributed by atoms with Crippen LogP contribution in [-0.2, 0) is 14.0 Å². The molecule has 0 saturated carbocycles. The van der Waals surface area contributed by atoms with E-state index in [-0.39, 0.29) is 19.0 Å². The van der Waals surface area contributed by atoms with Gasteiger partial charge in [0.05, 0.1) is 6.16 Å². The molecule has 0 aromatic heterocycles. The smallest absolute Gasteiger partial charge is 0.344 e. The van der Waals surface area contributed by atoms with Gasteiger partial charge in [-0.3, -0.25) is 9.36 Å². The Morgan fingerprint density at radius 3 is 2.54 bits per heavy atom. The van der Waals surface area contributed by atoms with Crippen LogP contribution in [0.4, 0.5) is 0 Å². The first-order valence-corrected chi connectivity index (χ1v) is 5.34. The van der Waals surface area contributed by atoms with Crippen LogP contribution in [0.15, 0.2) is 0 Å². The molecule has 78 valence electrons. The number of carboxylic acids is 1. The van der Waals surface area contributed by atoms with Crippen LogP contribution in [0.3, 0.4) is 0 Å². The molecule has 7 nitrogen and oxygen atoms in total. The van der Waals surface area contributed by atoms with Crippen LogP contribution in [0.5, 0.6) is 0 Å². The third-order valence-electron chi connectivity index (χ3n) is 1.44. The van der Waals surface area contributed by atoms with Crippen LogP contribution in [0, 0.1) is 0 Å². The second-order valence-electron chi connectivity index (χ2n) is 2.55. The second-order valence-corrected chi connectivity index (χ2v) is 4.49. The first-order chi connectivity index (χ1) is 5.89. The molecule has 13 heavy (non-hydrogen) atoms. The predicted octanol–water partition coefficient (Wildman–Crippen LogP) is -0.746. The van der Waals surface area contributed by atoms with Gasteiger partial charge in [0.25, 0.3) is 0 Å². The summed E-state index contributed by atoms with van der Waals surface area (Å²) in [4.78, 5) is 19.0. The van der Waals surface area contributed by atoms with E-state index in [1.165, 1.54) is 0 Å². The molecule has 0 aliphatic rings. The Hall–Kier alpha value is -0.460. The first kappa shape index (κ1) is 12.5. The summed E-state index contributed by atoms with van der Waals surface area (Å²) in [7, 11) is -3.73. The lowest BCUT2D eigenvalue weighted by atomic mass is 10.2. The van der Waals surface area contributed by atoms with Crippen molar-refractivity contribution in [3.63, 3.8) is 0 Å². The predicted molar refractivity (Wildman–Crippen MR) is 44.8 cm³/mol. The van der Waals surface area contributed by atoms with E-state index in [0.29, 0.717) is 0 Å². The molecule has 1 unspecified atom stereocenters. The van der Waals surface area contributed by atoms with Gasteiger partial charge in [0, 0.05) is 0 Å². The fourth-order valence-corrected chi connectivity index (χ4v) is 1.37. The topological polar surface area (TPSA) is 136 Å². The van der Waals surface area contributed by atoms with Crippen molar-refractivity contribution in [2.24, 2.45) is 11.6 Å². The van der Waals surface area contributed by atoms with Gasteiger partial charge in [-0.05, 0) is 12.8 Å². The van der Waals surface area contributed by atoms with Crippen LogP contribution in [0.2, 0.25) is 0 Å². The maximum atomic E-state index is 10.8. The molecule has 0 fully saturated rings. The fraction of sp³-hybridized carbons (Fsp3) is 0.800. The summed E-state index contributed by atoms with van der Waals surface area (Å²) in [5.41, 5.74) is 5.14. The largest absolute Gasteiger partial charge is 0.480 e. The third-order valence-corrected chi connectivity index (χ3v) is 2.65. The monoisotopic (exact) mass is 212 g/mol. The SMILES string of the molecule is NOP(=O)(O)CCC[C@@H](N)C(=O)O. The quantitative estimate of drug-likeness (QED) is 0.336. The number of hydrogen-bond donors (Lipinski definition) is 4. The molecule has 0 rings (SSSR count). The number of carbonyl (C=O) groups is 1. The van der Waals surface area contributed by atoms with Gasteiger partial charge in [-0.15, -0.1) is 0 Å². The molecule has 0 saturated heterocycles. The van der Waals surface area contributed by atoms with Gasteiger partial charge in [0.15, 0.2) is 0 Å². The molecule has 0 aromatic carbocycles. The Bertz CT molecular complexity index is 221. The maximum Gasteiger partial charge on any atom is 0.344 e. The minimum absolute atomic E-state index is 0.114. The Balaban J connectivity index is 3.68. The van der Waals surface area contributed by atoms with E-state index in [4.69, 9.17) is 15.7 Å². The van der Waals surface area contributed by atoms with Gasteiger partial charge < -0.3 is 15.7 Å². The van der Waals surface area contributed by atoms with E-state index in [0.717, 1.165) is 0 Å². The van der Waals surface area contributed by atoms with E-state index < -0.39 is 19.6 Å². The highest BCUT2D eigenvalue weighted by Crippen LogP contribution is 2.40. The maximum absolute atomic E-state index is 10.8.